The predicted octanol–water partition coefficient (Wildman–Crippen LogP) is 2.28. The third-order valence-corrected chi connectivity index (χ3v) is 3.87. The first kappa shape index (κ1) is 14.1. The Morgan fingerprint density at radius 1 is 1.32 bits per heavy atom. The quantitative estimate of drug-likeness (QED) is 0.483. The number of nitrogens with two attached hydrogens (primary N) is 1. The number of benzene rings is 1. The first-order valence-corrected chi connectivity index (χ1v) is 7.39. The molecule has 0 aliphatic carbocycles. The van der Waals surface area contributed by atoms with Gasteiger partial charge in [0.2, 0.25) is 0 Å². The average molecular weight is 276 g/mol. The fourth-order valence-electron chi connectivity index (χ4n) is 2.02. The zero-order chi connectivity index (χ0) is 13.7. The summed E-state index contributed by atoms with van der Waals surface area (Å²) in [5.41, 5.74) is 5.10. The predicted molar refractivity (Wildman–Crippen MR) is 79.8 cm³/mol. The number of hydrogen-bond donors (Lipinski definition) is 2. The van der Waals surface area contributed by atoms with Gasteiger partial charge in [-0.1, -0.05) is 19.1 Å². The number of thioether (sulfide) groups is 1. The highest BCUT2D eigenvalue weighted by Gasteiger charge is 2.12. The Hall–Kier alpha value is -1.30. The lowest BCUT2D eigenvalue weighted by Crippen LogP contribution is -2.29. The second kappa shape index (κ2) is 6.75. The van der Waals surface area contributed by atoms with E-state index >= 15 is 0 Å². The minimum Gasteiger partial charge on any atom is -0.276 e. The number of aromatic nitrogens is 2. The van der Waals surface area contributed by atoms with Crippen LogP contribution in [-0.2, 0) is 13.5 Å². The SMILES string of the molecule is CCSc1ccc(C(Cc2ccn(C)n2)NN)cc1. The Morgan fingerprint density at radius 3 is 2.58 bits per heavy atom. The van der Waals surface area contributed by atoms with Gasteiger partial charge in [-0.3, -0.25) is 16.0 Å². The van der Waals surface area contributed by atoms with Crippen molar-refractivity contribution in [2.75, 3.05) is 5.75 Å². The van der Waals surface area contributed by atoms with Crippen LogP contribution in [0.2, 0.25) is 0 Å². The minimum absolute atomic E-state index is 0.0931. The molecule has 19 heavy (non-hydrogen) atoms. The first-order valence-electron chi connectivity index (χ1n) is 6.40. The largest absolute Gasteiger partial charge is 0.276 e. The maximum atomic E-state index is 5.67. The van der Waals surface area contributed by atoms with E-state index in [4.69, 9.17) is 5.84 Å². The van der Waals surface area contributed by atoms with E-state index in [1.807, 2.05) is 35.8 Å². The molecule has 0 aliphatic rings. The molecule has 1 atom stereocenters. The number of hydrazine groups is 1. The van der Waals surface area contributed by atoms with E-state index in [1.54, 1.807) is 0 Å². The van der Waals surface area contributed by atoms with Gasteiger partial charge in [-0.2, -0.15) is 5.10 Å². The van der Waals surface area contributed by atoms with E-state index in [0.29, 0.717) is 0 Å². The normalized spacial score (nSPS) is 12.6. The van der Waals surface area contributed by atoms with Crippen molar-refractivity contribution in [1.29, 1.82) is 0 Å². The third kappa shape index (κ3) is 3.83. The van der Waals surface area contributed by atoms with Crippen LogP contribution in [0.15, 0.2) is 41.4 Å². The Kier molecular flexibility index (Phi) is 5.01. The van der Waals surface area contributed by atoms with Gasteiger partial charge in [-0.05, 0) is 29.5 Å². The fraction of sp³-hybridized carbons (Fsp3) is 0.357. The molecule has 0 aliphatic heterocycles. The molecule has 102 valence electrons. The van der Waals surface area contributed by atoms with Crippen LogP contribution in [0.25, 0.3) is 0 Å². The summed E-state index contributed by atoms with van der Waals surface area (Å²) in [6, 6.07) is 10.7. The van der Waals surface area contributed by atoms with Crippen LogP contribution < -0.4 is 11.3 Å². The number of aryl methyl sites for hydroxylation is 1. The number of rotatable bonds is 6. The zero-order valence-electron chi connectivity index (χ0n) is 11.3. The van der Waals surface area contributed by atoms with Gasteiger partial charge >= 0.3 is 0 Å². The van der Waals surface area contributed by atoms with E-state index in [2.05, 4.69) is 41.7 Å². The van der Waals surface area contributed by atoms with Gasteiger partial charge in [0.05, 0.1) is 11.7 Å². The van der Waals surface area contributed by atoms with Gasteiger partial charge < -0.3 is 0 Å². The standard InChI is InChI=1S/C14H20N4S/c1-3-19-13-6-4-11(5-7-13)14(16-15)10-12-8-9-18(2)17-12/h4-9,14,16H,3,10,15H2,1-2H3. The van der Waals surface area contributed by atoms with Crippen molar-refractivity contribution in [2.45, 2.75) is 24.3 Å². The molecule has 0 amide bonds. The summed E-state index contributed by atoms with van der Waals surface area (Å²) in [6.45, 7) is 2.16. The summed E-state index contributed by atoms with van der Waals surface area (Å²) in [4.78, 5) is 1.29. The molecular formula is C14H20N4S. The summed E-state index contributed by atoms with van der Waals surface area (Å²) in [6.07, 6.45) is 2.74. The summed E-state index contributed by atoms with van der Waals surface area (Å²) < 4.78 is 1.81. The molecule has 0 fully saturated rings. The maximum Gasteiger partial charge on any atom is 0.0643 e. The van der Waals surface area contributed by atoms with Crippen molar-refractivity contribution in [3.05, 3.63) is 47.8 Å². The molecule has 0 radical (unpaired) electrons. The van der Waals surface area contributed by atoms with E-state index in [0.717, 1.165) is 17.9 Å². The summed E-state index contributed by atoms with van der Waals surface area (Å²) >= 11 is 1.84. The van der Waals surface area contributed by atoms with E-state index in [1.165, 1.54) is 10.5 Å². The lowest BCUT2D eigenvalue weighted by molar-refractivity contribution is 0.541. The fourth-order valence-corrected chi connectivity index (χ4v) is 2.68. The molecule has 2 aromatic rings. The monoisotopic (exact) mass is 276 g/mol. The van der Waals surface area contributed by atoms with Crippen molar-refractivity contribution >= 4 is 11.8 Å². The molecule has 0 saturated carbocycles. The van der Waals surface area contributed by atoms with Crippen LogP contribution in [0.4, 0.5) is 0 Å². The topological polar surface area (TPSA) is 55.9 Å². The molecule has 0 bridgehead atoms. The van der Waals surface area contributed by atoms with Crippen molar-refractivity contribution in [3.63, 3.8) is 0 Å². The van der Waals surface area contributed by atoms with Crippen LogP contribution in [0.5, 0.6) is 0 Å². The molecular weight excluding hydrogens is 256 g/mol. The van der Waals surface area contributed by atoms with E-state index in [-0.39, 0.29) is 6.04 Å². The van der Waals surface area contributed by atoms with Crippen molar-refractivity contribution in [2.24, 2.45) is 12.9 Å². The molecule has 1 heterocycles. The number of nitrogens with zero attached hydrogens (tertiary/aromatic N) is 2. The Bertz CT molecular complexity index is 506. The lowest BCUT2D eigenvalue weighted by Gasteiger charge is -2.15. The average Bonchev–Trinajstić information content (AvgIpc) is 2.83. The Morgan fingerprint density at radius 2 is 2.05 bits per heavy atom. The summed E-state index contributed by atoms with van der Waals surface area (Å²) in [7, 11) is 1.92. The zero-order valence-corrected chi connectivity index (χ0v) is 12.2. The smallest absolute Gasteiger partial charge is 0.0643 e. The van der Waals surface area contributed by atoms with Crippen LogP contribution in [-0.4, -0.2) is 15.5 Å². The van der Waals surface area contributed by atoms with E-state index in [9.17, 15) is 0 Å². The third-order valence-electron chi connectivity index (χ3n) is 2.98. The molecule has 1 unspecified atom stereocenters. The molecule has 4 nitrogen and oxygen atoms in total. The Labute approximate surface area is 118 Å². The number of nitrogens with one attached hydrogen (secondary N) is 1. The second-order valence-electron chi connectivity index (χ2n) is 4.41. The van der Waals surface area contributed by atoms with Gasteiger partial charge in [0.25, 0.3) is 0 Å². The first-order chi connectivity index (χ1) is 9.22. The van der Waals surface area contributed by atoms with Gasteiger partial charge in [-0.25, -0.2) is 0 Å². The molecule has 5 heteroatoms. The summed E-state index contributed by atoms with van der Waals surface area (Å²) in [5, 5.41) is 4.39. The molecule has 1 aromatic heterocycles. The molecule has 1 aromatic carbocycles. The molecule has 2 rings (SSSR count). The second-order valence-corrected chi connectivity index (χ2v) is 5.74. The van der Waals surface area contributed by atoms with Gasteiger partial charge in [-0.15, -0.1) is 11.8 Å². The van der Waals surface area contributed by atoms with E-state index < -0.39 is 0 Å². The van der Waals surface area contributed by atoms with Crippen LogP contribution >= 0.6 is 11.8 Å². The number of hydrogen-bond acceptors (Lipinski definition) is 4. The van der Waals surface area contributed by atoms with Crippen molar-refractivity contribution in [1.82, 2.24) is 15.2 Å². The molecule has 3 N–H and O–H groups in total. The highest BCUT2D eigenvalue weighted by Crippen LogP contribution is 2.22. The van der Waals surface area contributed by atoms with Crippen LogP contribution in [0, 0.1) is 0 Å². The van der Waals surface area contributed by atoms with Crippen LogP contribution in [0.1, 0.15) is 24.2 Å². The summed E-state index contributed by atoms with van der Waals surface area (Å²) in [5.74, 6) is 6.76. The van der Waals surface area contributed by atoms with Gasteiger partial charge in [0.1, 0.15) is 0 Å². The highest BCUT2D eigenvalue weighted by molar-refractivity contribution is 7.99. The van der Waals surface area contributed by atoms with Gasteiger partial charge in [0, 0.05) is 24.6 Å². The van der Waals surface area contributed by atoms with Gasteiger partial charge in [0.15, 0.2) is 0 Å². The van der Waals surface area contributed by atoms with Crippen molar-refractivity contribution < 1.29 is 0 Å². The highest BCUT2D eigenvalue weighted by atomic mass is 32.2. The van der Waals surface area contributed by atoms with Crippen molar-refractivity contribution in [3.8, 4) is 0 Å². The molecule has 0 spiro atoms. The molecule has 0 saturated heterocycles. The minimum atomic E-state index is 0.0931. The van der Waals surface area contributed by atoms with Crippen LogP contribution in [0.3, 0.4) is 0 Å². The Balaban J connectivity index is 2.08. The lowest BCUT2D eigenvalue weighted by atomic mass is 10.0. The maximum absolute atomic E-state index is 5.67.